The van der Waals surface area contributed by atoms with E-state index in [0.29, 0.717) is 27.0 Å². The molecule has 0 saturated carbocycles. The molecule has 0 aliphatic heterocycles. The van der Waals surface area contributed by atoms with Gasteiger partial charge in [-0.05, 0) is 39.0 Å². The average molecular weight is 411 g/mol. The van der Waals surface area contributed by atoms with Crippen molar-refractivity contribution in [2.24, 2.45) is 0 Å². The number of para-hydroxylation sites is 2. The first-order chi connectivity index (χ1) is 12.6. The van der Waals surface area contributed by atoms with Crippen molar-refractivity contribution >= 4 is 46.6 Å². The number of hydrogen-bond donors (Lipinski definition) is 3. The number of amides is 1. The number of carboxylic acid groups (broad SMARTS) is 1. The lowest BCUT2D eigenvalue weighted by atomic mass is 10.0. The molecule has 0 radical (unpaired) electrons. The van der Waals surface area contributed by atoms with E-state index >= 15 is 0 Å². The Morgan fingerprint density at radius 1 is 1.04 bits per heavy atom. The highest BCUT2D eigenvalue weighted by atomic mass is 35.5. The molecule has 0 aromatic heterocycles. The topological polar surface area (TPSA) is 87.7 Å². The number of alkyl carbamates (subject to hydrolysis) is 1. The molecule has 0 spiro atoms. The highest BCUT2D eigenvalue weighted by Gasteiger charge is 2.27. The van der Waals surface area contributed by atoms with Crippen LogP contribution in [0.1, 0.15) is 32.4 Å². The third-order valence-corrected chi connectivity index (χ3v) is 4.03. The van der Waals surface area contributed by atoms with Crippen molar-refractivity contribution in [1.29, 1.82) is 0 Å². The molecule has 144 valence electrons. The molecule has 8 heteroatoms. The van der Waals surface area contributed by atoms with Gasteiger partial charge in [0.1, 0.15) is 5.60 Å². The SMILES string of the molecule is CC(C)(C)OC(=O)NC(C(=O)O)c1ccccc1Nc1c(Cl)cccc1Cl. The summed E-state index contributed by atoms with van der Waals surface area (Å²) in [5.74, 6) is -1.24. The standard InChI is InChI=1S/C19H20Cl2N2O4/c1-19(2,3)27-18(26)23-15(17(24)25)11-7-4-5-10-14(11)22-16-12(20)8-6-9-13(16)21/h4-10,15,22H,1-3H3,(H,23,26)(H,24,25). The summed E-state index contributed by atoms with van der Waals surface area (Å²) in [6.07, 6.45) is -0.833. The van der Waals surface area contributed by atoms with Crippen molar-refractivity contribution in [3.05, 3.63) is 58.1 Å². The number of carbonyl (C=O) groups is 2. The molecule has 1 unspecified atom stereocenters. The van der Waals surface area contributed by atoms with Crippen LogP contribution in [0.2, 0.25) is 10.0 Å². The van der Waals surface area contributed by atoms with Crippen LogP contribution in [0.15, 0.2) is 42.5 Å². The number of anilines is 2. The fraction of sp³-hybridized carbons (Fsp3) is 0.263. The van der Waals surface area contributed by atoms with Gasteiger partial charge in [-0.3, -0.25) is 0 Å². The van der Waals surface area contributed by atoms with E-state index in [1.807, 2.05) is 0 Å². The van der Waals surface area contributed by atoms with Gasteiger partial charge in [0.25, 0.3) is 0 Å². The van der Waals surface area contributed by atoms with Crippen LogP contribution in [-0.4, -0.2) is 22.8 Å². The summed E-state index contributed by atoms with van der Waals surface area (Å²) in [6.45, 7) is 5.08. The van der Waals surface area contributed by atoms with Gasteiger partial charge in [-0.15, -0.1) is 0 Å². The zero-order valence-electron chi connectivity index (χ0n) is 15.0. The number of benzene rings is 2. The lowest BCUT2D eigenvalue weighted by Crippen LogP contribution is -2.38. The Morgan fingerprint density at radius 2 is 1.63 bits per heavy atom. The van der Waals surface area contributed by atoms with Crippen LogP contribution in [0, 0.1) is 0 Å². The second-order valence-corrected chi connectivity index (χ2v) is 7.54. The molecule has 3 N–H and O–H groups in total. The first kappa shape index (κ1) is 20.9. The molecule has 6 nitrogen and oxygen atoms in total. The Hall–Kier alpha value is -2.44. The Labute approximate surface area is 167 Å². The van der Waals surface area contributed by atoms with E-state index < -0.39 is 23.7 Å². The van der Waals surface area contributed by atoms with Gasteiger partial charge in [0, 0.05) is 11.3 Å². The van der Waals surface area contributed by atoms with E-state index in [9.17, 15) is 14.7 Å². The van der Waals surface area contributed by atoms with Crippen molar-refractivity contribution in [2.75, 3.05) is 5.32 Å². The third-order valence-electron chi connectivity index (χ3n) is 3.40. The highest BCUT2D eigenvalue weighted by molar-refractivity contribution is 6.39. The van der Waals surface area contributed by atoms with Crippen LogP contribution in [0.4, 0.5) is 16.2 Å². The summed E-state index contributed by atoms with van der Waals surface area (Å²) >= 11 is 12.4. The molecule has 27 heavy (non-hydrogen) atoms. The Morgan fingerprint density at radius 3 is 2.19 bits per heavy atom. The second kappa shape index (κ2) is 8.50. The van der Waals surface area contributed by atoms with Crippen LogP contribution >= 0.6 is 23.2 Å². The maximum atomic E-state index is 12.1. The number of halogens is 2. The van der Waals surface area contributed by atoms with Gasteiger partial charge in [0.2, 0.25) is 0 Å². The lowest BCUT2D eigenvalue weighted by molar-refractivity contribution is -0.139. The number of aliphatic carboxylic acids is 1. The summed E-state index contributed by atoms with van der Waals surface area (Å²) in [5.41, 5.74) is 0.452. The summed E-state index contributed by atoms with van der Waals surface area (Å²) in [4.78, 5) is 23.9. The zero-order chi connectivity index (χ0) is 20.2. The van der Waals surface area contributed by atoms with Crippen molar-refractivity contribution in [3.63, 3.8) is 0 Å². The molecule has 2 aromatic carbocycles. The van der Waals surface area contributed by atoms with Crippen LogP contribution < -0.4 is 10.6 Å². The lowest BCUT2D eigenvalue weighted by Gasteiger charge is -2.23. The monoisotopic (exact) mass is 410 g/mol. The molecule has 1 atom stereocenters. The molecule has 0 heterocycles. The van der Waals surface area contributed by atoms with Gasteiger partial charge >= 0.3 is 12.1 Å². The van der Waals surface area contributed by atoms with E-state index in [2.05, 4.69) is 10.6 Å². The Bertz CT molecular complexity index is 830. The molecule has 2 rings (SSSR count). The van der Waals surface area contributed by atoms with E-state index in [-0.39, 0.29) is 0 Å². The number of rotatable bonds is 5. The van der Waals surface area contributed by atoms with Crippen molar-refractivity contribution in [3.8, 4) is 0 Å². The number of carboxylic acids is 1. The van der Waals surface area contributed by atoms with Crippen molar-refractivity contribution in [1.82, 2.24) is 5.32 Å². The fourth-order valence-electron chi connectivity index (χ4n) is 2.31. The largest absolute Gasteiger partial charge is 0.479 e. The second-order valence-electron chi connectivity index (χ2n) is 6.73. The zero-order valence-corrected chi connectivity index (χ0v) is 16.6. The van der Waals surface area contributed by atoms with Crippen molar-refractivity contribution in [2.45, 2.75) is 32.4 Å². The molecule has 0 saturated heterocycles. The summed E-state index contributed by atoms with van der Waals surface area (Å²) < 4.78 is 5.16. The number of ether oxygens (including phenoxy) is 1. The molecule has 0 aliphatic rings. The van der Waals surface area contributed by atoms with Gasteiger partial charge in [-0.2, -0.15) is 0 Å². The van der Waals surface area contributed by atoms with Crippen LogP contribution in [0.25, 0.3) is 0 Å². The smallest absolute Gasteiger partial charge is 0.408 e. The minimum Gasteiger partial charge on any atom is -0.479 e. The molecule has 1 amide bonds. The summed E-state index contributed by atoms with van der Waals surface area (Å²) in [5, 5.41) is 15.8. The van der Waals surface area contributed by atoms with E-state index in [1.54, 1.807) is 63.2 Å². The highest BCUT2D eigenvalue weighted by Crippen LogP contribution is 2.35. The van der Waals surface area contributed by atoms with Crippen LogP contribution in [0.3, 0.4) is 0 Å². The Balaban J connectivity index is 2.36. The first-order valence-electron chi connectivity index (χ1n) is 8.11. The van der Waals surface area contributed by atoms with Gasteiger partial charge in [0.15, 0.2) is 6.04 Å². The van der Waals surface area contributed by atoms with E-state index in [1.165, 1.54) is 0 Å². The minimum absolute atomic E-state index is 0.326. The van der Waals surface area contributed by atoms with Crippen molar-refractivity contribution < 1.29 is 19.4 Å². The summed E-state index contributed by atoms with van der Waals surface area (Å²) in [7, 11) is 0. The predicted octanol–water partition coefficient (Wildman–Crippen LogP) is 5.39. The van der Waals surface area contributed by atoms with Gasteiger partial charge in [-0.25, -0.2) is 9.59 Å². The third kappa shape index (κ3) is 5.77. The maximum Gasteiger partial charge on any atom is 0.408 e. The Kier molecular flexibility index (Phi) is 6.57. The first-order valence-corrected chi connectivity index (χ1v) is 8.86. The number of carbonyl (C=O) groups excluding carboxylic acids is 1. The van der Waals surface area contributed by atoms with Crippen LogP contribution in [0.5, 0.6) is 0 Å². The van der Waals surface area contributed by atoms with Gasteiger partial charge < -0.3 is 20.5 Å². The fourth-order valence-corrected chi connectivity index (χ4v) is 2.80. The molecular formula is C19H20Cl2N2O4. The number of nitrogens with one attached hydrogen (secondary N) is 2. The van der Waals surface area contributed by atoms with Gasteiger partial charge in [-0.1, -0.05) is 47.5 Å². The van der Waals surface area contributed by atoms with Crippen LogP contribution in [-0.2, 0) is 9.53 Å². The summed E-state index contributed by atoms with van der Waals surface area (Å²) in [6, 6.07) is 10.3. The molecule has 2 aromatic rings. The molecular weight excluding hydrogens is 391 g/mol. The predicted molar refractivity (Wildman–Crippen MR) is 106 cm³/mol. The van der Waals surface area contributed by atoms with E-state index in [0.717, 1.165) is 0 Å². The average Bonchev–Trinajstić information content (AvgIpc) is 2.55. The normalized spacial score (nSPS) is 12.2. The van der Waals surface area contributed by atoms with E-state index in [4.69, 9.17) is 27.9 Å². The molecule has 0 aliphatic carbocycles. The number of hydrogen-bond acceptors (Lipinski definition) is 4. The van der Waals surface area contributed by atoms with Gasteiger partial charge in [0.05, 0.1) is 15.7 Å². The quantitative estimate of drug-likeness (QED) is 0.614. The molecule has 0 bridgehead atoms. The maximum absolute atomic E-state index is 12.1. The minimum atomic E-state index is -1.33. The molecule has 0 fully saturated rings.